The molecule has 0 saturated heterocycles. The third-order valence-corrected chi connectivity index (χ3v) is 2.44. The summed E-state index contributed by atoms with van der Waals surface area (Å²) in [6, 6.07) is 2.51. The maximum absolute atomic E-state index is 11.7. The molecule has 1 aromatic heterocycles. The fraction of sp³-hybridized carbons (Fsp3) is 0.308. The van der Waals surface area contributed by atoms with Crippen molar-refractivity contribution in [3.63, 3.8) is 0 Å². The average Bonchev–Trinajstić information content (AvgIpc) is 2.42. The van der Waals surface area contributed by atoms with E-state index in [-0.39, 0.29) is 24.7 Å². The molecule has 1 aromatic rings. The Morgan fingerprint density at radius 2 is 2.32 bits per heavy atom. The molecule has 100 valence electrons. The molecule has 6 heteroatoms. The Hall–Kier alpha value is -2.55. The first kappa shape index (κ1) is 14.5. The minimum Gasteiger partial charge on any atom is -0.478 e. The van der Waals surface area contributed by atoms with Gasteiger partial charge in [-0.2, -0.15) is 0 Å². The highest BCUT2D eigenvalue weighted by Gasteiger charge is 2.10. The minimum atomic E-state index is -1.03. The summed E-state index contributed by atoms with van der Waals surface area (Å²) in [6.45, 7) is 2.70. The van der Waals surface area contributed by atoms with Gasteiger partial charge in [-0.25, -0.2) is 9.59 Å². The molecule has 0 aliphatic carbocycles. The number of hydrogen-bond acceptors (Lipinski definition) is 3. The van der Waals surface area contributed by atoms with E-state index < -0.39 is 5.97 Å². The Bertz CT molecular complexity index is 508. The Morgan fingerprint density at radius 3 is 2.89 bits per heavy atom. The van der Waals surface area contributed by atoms with E-state index in [1.165, 1.54) is 23.2 Å². The Kier molecular flexibility index (Phi) is 5.35. The molecule has 0 aromatic carbocycles. The number of terminal acetylenes is 1. The van der Waals surface area contributed by atoms with Crippen molar-refractivity contribution >= 4 is 12.0 Å². The first-order chi connectivity index (χ1) is 9.08. The highest BCUT2D eigenvalue weighted by Crippen LogP contribution is 2.02. The molecule has 0 saturated carbocycles. The maximum Gasteiger partial charge on any atom is 0.335 e. The Balaban J connectivity index is 2.61. The van der Waals surface area contributed by atoms with Crippen LogP contribution in [0.3, 0.4) is 0 Å². The van der Waals surface area contributed by atoms with Gasteiger partial charge in [-0.05, 0) is 19.1 Å². The van der Waals surface area contributed by atoms with Gasteiger partial charge in [-0.15, -0.1) is 6.42 Å². The maximum atomic E-state index is 11.7. The topological polar surface area (TPSA) is 82.5 Å². The SMILES string of the molecule is C#CCN(CC)C(=O)NCc1cc(C(=O)O)ccn1. The number of aromatic carboxylic acids is 1. The molecule has 0 aliphatic rings. The molecule has 0 spiro atoms. The molecule has 0 aliphatic heterocycles. The van der Waals surface area contributed by atoms with Crippen molar-refractivity contribution in [3.8, 4) is 12.3 Å². The molecule has 2 N–H and O–H groups in total. The van der Waals surface area contributed by atoms with Crippen LogP contribution in [0.2, 0.25) is 0 Å². The molecular weight excluding hydrogens is 246 g/mol. The third kappa shape index (κ3) is 4.32. The Morgan fingerprint density at radius 1 is 1.58 bits per heavy atom. The van der Waals surface area contributed by atoms with Gasteiger partial charge in [0, 0.05) is 12.7 Å². The van der Waals surface area contributed by atoms with Gasteiger partial charge in [0.15, 0.2) is 0 Å². The van der Waals surface area contributed by atoms with Crippen LogP contribution in [0.25, 0.3) is 0 Å². The lowest BCUT2D eigenvalue weighted by Crippen LogP contribution is -2.39. The van der Waals surface area contributed by atoms with Gasteiger partial charge >= 0.3 is 12.0 Å². The van der Waals surface area contributed by atoms with Gasteiger partial charge in [-0.3, -0.25) is 4.98 Å². The molecule has 6 nitrogen and oxygen atoms in total. The van der Waals surface area contributed by atoms with Crippen LogP contribution >= 0.6 is 0 Å². The fourth-order valence-electron chi connectivity index (χ4n) is 1.42. The molecule has 19 heavy (non-hydrogen) atoms. The van der Waals surface area contributed by atoms with E-state index in [2.05, 4.69) is 16.2 Å². The van der Waals surface area contributed by atoms with Gasteiger partial charge in [0.2, 0.25) is 0 Å². The van der Waals surface area contributed by atoms with E-state index in [1.807, 2.05) is 6.92 Å². The molecule has 0 radical (unpaired) electrons. The molecule has 0 atom stereocenters. The number of amides is 2. The van der Waals surface area contributed by atoms with Crippen molar-refractivity contribution in [2.75, 3.05) is 13.1 Å². The molecule has 0 fully saturated rings. The fourth-order valence-corrected chi connectivity index (χ4v) is 1.42. The van der Waals surface area contributed by atoms with Crippen molar-refractivity contribution in [2.45, 2.75) is 13.5 Å². The number of pyridine rings is 1. The lowest BCUT2D eigenvalue weighted by molar-refractivity contribution is 0.0696. The summed E-state index contributed by atoms with van der Waals surface area (Å²) in [7, 11) is 0. The van der Waals surface area contributed by atoms with E-state index in [0.717, 1.165) is 0 Å². The van der Waals surface area contributed by atoms with E-state index in [9.17, 15) is 9.59 Å². The van der Waals surface area contributed by atoms with E-state index in [1.54, 1.807) is 0 Å². The largest absolute Gasteiger partial charge is 0.478 e. The summed E-state index contributed by atoms with van der Waals surface area (Å²) < 4.78 is 0. The Labute approximate surface area is 111 Å². The zero-order valence-corrected chi connectivity index (χ0v) is 10.6. The number of carboxylic acids is 1. The number of nitrogens with one attached hydrogen (secondary N) is 1. The smallest absolute Gasteiger partial charge is 0.335 e. The number of nitrogens with zero attached hydrogens (tertiary/aromatic N) is 2. The molecule has 0 bridgehead atoms. The zero-order chi connectivity index (χ0) is 14.3. The van der Waals surface area contributed by atoms with Crippen LogP contribution in [0.1, 0.15) is 23.0 Å². The molecule has 1 heterocycles. The van der Waals surface area contributed by atoms with Crippen LogP contribution in [0.5, 0.6) is 0 Å². The third-order valence-electron chi connectivity index (χ3n) is 2.44. The average molecular weight is 261 g/mol. The second-order valence-corrected chi connectivity index (χ2v) is 3.72. The number of carbonyl (C=O) groups excluding carboxylic acids is 1. The summed E-state index contributed by atoms with van der Waals surface area (Å²) in [5.41, 5.74) is 0.611. The number of rotatable bonds is 5. The van der Waals surface area contributed by atoms with Crippen molar-refractivity contribution < 1.29 is 14.7 Å². The lowest BCUT2D eigenvalue weighted by Gasteiger charge is -2.18. The predicted molar refractivity (Wildman–Crippen MR) is 69.5 cm³/mol. The van der Waals surface area contributed by atoms with E-state index >= 15 is 0 Å². The molecule has 0 unspecified atom stereocenters. The second-order valence-electron chi connectivity index (χ2n) is 3.72. The van der Waals surface area contributed by atoms with E-state index in [0.29, 0.717) is 12.2 Å². The van der Waals surface area contributed by atoms with Crippen molar-refractivity contribution in [1.29, 1.82) is 0 Å². The molecule has 1 rings (SSSR count). The summed E-state index contributed by atoms with van der Waals surface area (Å²) >= 11 is 0. The molecule has 2 amide bonds. The summed E-state index contributed by atoms with van der Waals surface area (Å²) in [6.07, 6.45) is 6.55. The van der Waals surface area contributed by atoms with Crippen LogP contribution in [-0.4, -0.2) is 40.1 Å². The van der Waals surface area contributed by atoms with Gasteiger partial charge in [0.05, 0.1) is 24.3 Å². The first-order valence-electron chi connectivity index (χ1n) is 5.73. The van der Waals surface area contributed by atoms with Crippen molar-refractivity contribution in [1.82, 2.24) is 15.2 Å². The standard InChI is InChI=1S/C13H15N3O3/c1-3-7-16(4-2)13(19)15-9-11-8-10(12(17)18)5-6-14-11/h1,5-6,8H,4,7,9H2,2H3,(H,15,19)(H,17,18). The lowest BCUT2D eigenvalue weighted by atomic mass is 10.2. The van der Waals surface area contributed by atoms with E-state index in [4.69, 9.17) is 11.5 Å². The number of hydrogen-bond donors (Lipinski definition) is 2. The number of aromatic nitrogens is 1. The van der Waals surface area contributed by atoms with Crippen LogP contribution in [0.4, 0.5) is 4.79 Å². The summed E-state index contributed by atoms with van der Waals surface area (Å²) in [4.78, 5) is 28.0. The number of urea groups is 1. The van der Waals surface area contributed by atoms with Gasteiger partial charge in [-0.1, -0.05) is 5.92 Å². The number of carbonyl (C=O) groups is 2. The van der Waals surface area contributed by atoms with Crippen molar-refractivity contribution in [3.05, 3.63) is 29.6 Å². The number of carboxylic acid groups (broad SMARTS) is 1. The predicted octanol–water partition coefficient (Wildman–Crippen LogP) is 0.944. The summed E-state index contributed by atoms with van der Waals surface area (Å²) in [5, 5.41) is 11.5. The van der Waals surface area contributed by atoms with Crippen LogP contribution in [0.15, 0.2) is 18.3 Å². The first-order valence-corrected chi connectivity index (χ1v) is 5.73. The monoisotopic (exact) mass is 261 g/mol. The normalized spacial score (nSPS) is 9.47. The summed E-state index contributed by atoms with van der Waals surface area (Å²) in [5.74, 6) is 1.36. The highest BCUT2D eigenvalue weighted by atomic mass is 16.4. The second kappa shape index (κ2) is 7.01. The van der Waals surface area contributed by atoms with Crippen molar-refractivity contribution in [2.24, 2.45) is 0 Å². The zero-order valence-electron chi connectivity index (χ0n) is 10.6. The van der Waals surface area contributed by atoms with Crippen LogP contribution in [-0.2, 0) is 6.54 Å². The minimum absolute atomic E-state index is 0.134. The highest BCUT2D eigenvalue weighted by molar-refractivity contribution is 5.87. The van der Waals surface area contributed by atoms with Crippen LogP contribution in [0, 0.1) is 12.3 Å². The van der Waals surface area contributed by atoms with Gasteiger partial charge in [0.1, 0.15) is 0 Å². The molecular formula is C13H15N3O3. The van der Waals surface area contributed by atoms with Gasteiger partial charge in [0.25, 0.3) is 0 Å². The van der Waals surface area contributed by atoms with Gasteiger partial charge < -0.3 is 15.3 Å². The van der Waals surface area contributed by atoms with Crippen LogP contribution < -0.4 is 5.32 Å². The quantitative estimate of drug-likeness (QED) is 0.773.